The number of amides is 3. The number of likely N-dealkylation sites (tertiary alicyclic amines) is 1. The molecule has 3 amide bonds. The highest BCUT2D eigenvalue weighted by molar-refractivity contribution is 8.13. The minimum Gasteiger partial charge on any atom is -0.290 e. The van der Waals surface area contributed by atoms with Crippen molar-refractivity contribution >= 4 is 40.3 Å². The van der Waals surface area contributed by atoms with Gasteiger partial charge >= 0.3 is 0 Å². The Morgan fingerprint density at radius 3 is 2.37 bits per heavy atom. The minimum absolute atomic E-state index is 0.163. The lowest BCUT2D eigenvalue weighted by Gasteiger charge is -2.29. The number of aliphatic imine (C=N–C) groups is 1. The summed E-state index contributed by atoms with van der Waals surface area (Å²) in [5.41, 5.74) is 0.791. The first-order chi connectivity index (χ1) is 13.1. The Balaban J connectivity index is 1.50. The Morgan fingerprint density at radius 2 is 1.70 bits per heavy atom. The van der Waals surface area contributed by atoms with E-state index < -0.39 is 0 Å². The van der Waals surface area contributed by atoms with E-state index in [0.717, 1.165) is 43.5 Å². The lowest BCUT2D eigenvalue weighted by molar-refractivity contribution is -0.145. The molecule has 6 nitrogen and oxygen atoms in total. The molecule has 2 saturated heterocycles. The average Bonchev–Trinajstić information content (AvgIpc) is 2.94. The van der Waals surface area contributed by atoms with E-state index in [-0.39, 0.29) is 36.1 Å². The van der Waals surface area contributed by atoms with E-state index in [0.29, 0.717) is 11.7 Å². The SMILES string of the molecule is O=C(CN1C(=O)[C@H]2CCCC[C@H]2C1=O)N1CCCSC1=Nc1ccccc1. The van der Waals surface area contributed by atoms with Gasteiger partial charge < -0.3 is 0 Å². The van der Waals surface area contributed by atoms with E-state index >= 15 is 0 Å². The van der Waals surface area contributed by atoms with E-state index in [1.165, 1.54) is 4.90 Å². The normalized spacial score (nSPS) is 27.2. The summed E-state index contributed by atoms with van der Waals surface area (Å²) in [5, 5.41) is 0.647. The molecule has 7 heteroatoms. The molecule has 1 aromatic rings. The van der Waals surface area contributed by atoms with Crippen LogP contribution >= 0.6 is 11.8 Å². The summed E-state index contributed by atoms with van der Waals surface area (Å²) in [6.45, 7) is 0.402. The van der Waals surface area contributed by atoms with Crippen LogP contribution in [-0.2, 0) is 14.4 Å². The summed E-state index contributed by atoms with van der Waals surface area (Å²) in [5.74, 6) is -0.0773. The zero-order valence-electron chi connectivity index (χ0n) is 15.2. The average molecular weight is 385 g/mol. The third-order valence-electron chi connectivity index (χ3n) is 5.50. The van der Waals surface area contributed by atoms with Crippen molar-refractivity contribution in [3.8, 4) is 0 Å². The van der Waals surface area contributed by atoms with Gasteiger partial charge in [0.2, 0.25) is 17.7 Å². The molecular formula is C20H23N3O3S. The van der Waals surface area contributed by atoms with Crippen LogP contribution in [0.3, 0.4) is 0 Å². The molecule has 1 aliphatic carbocycles. The Labute approximate surface area is 163 Å². The van der Waals surface area contributed by atoms with Gasteiger partial charge in [0, 0.05) is 12.3 Å². The molecule has 1 saturated carbocycles. The molecule has 3 aliphatic rings. The van der Waals surface area contributed by atoms with Crippen LogP contribution in [0.1, 0.15) is 32.1 Å². The Morgan fingerprint density at radius 1 is 1.04 bits per heavy atom. The Hall–Kier alpha value is -2.15. The highest BCUT2D eigenvalue weighted by Gasteiger charge is 2.48. The number of imide groups is 1. The summed E-state index contributed by atoms with van der Waals surface area (Å²) in [6, 6.07) is 9.52. The highest BCUT2D eigenvalue weighted by atomic mass is 32.2. The van der Waals surface area contributed by atoms with Crippen molar-refractivity contribution in [3.05, 3.63) is 30.3 Å². The first-order valence-corrected chi connectivity index (χ1v) is 10.6. The first-order valence-electron chi connectivity index (χ1n) is 9.57. The third kappa shape index (κ3) is 3.65. The lowest BCUT2D eigenvalue weighted by Crippen LogP contribution is -2.46. The molecule has 0 unspecified atom stereocenters. The Kier molecular flexibility index (Phi) is 5.29. The number of carbonyl (C=O) groups is 3. The van der Waals surface area contributed by atoms with Crippen LogP contribution in [0, 0.1) is 11.8 Å². The summed E-state index contributed by atoms with van der Waals surface area (Å²) in [4.78, 5) is 45.6. The maximum absolute atomic E-state index is 12.9. The predicted molar refractivity (Wildman–Crippen MR) is 104 cm³/mol. The second kappa shape index (κ2) is 7.84. The summed E-state index contributed by atoms with van der Waals surface area (Å²) in [7, 11) is 0. The molecule has 4 rings (SSSR count). The number of benzene rings is 1. The number of thioether (sulfide) groups is 1. The van der Waals surface area contributed by atoms with E-state index in [2.05, 4.69) is 4.99 Å². The van der Waals surface area contributed by atoms with Crippen LogP contribution in [-0.4, -0.2) is 51.5 Å². The van der Waals surface area contributed by atoms with Crippen LogP contribution in [0.25, 0.3) is 0 Å². The van der Waals surface area contributed by atoms with Crippen molar-refractivity contribution in [1.29, 1.82) is 0 Å². The van der Waals surface area contributed by atoms with E-state index in [4.69, 9.17) is 0 Å². The Bertz CT molecular complexity index is 756. The molecule has 0 aromatic heterocycles. The molecule has 0 spiro atoms. The van der Waals surface area contributed by atoms with Gasteiger partial charge in [0.15, 0.2) is 5.17 Å². The van der Waals surface area contributed by atoms with Crippen LogP contribution in [0.15, 0.2) is 35.3 Å². The first kappa shape index (κ1) is 18.2. The second-order valence-corrected chi connectivity index (χ2v) is 8.30. The number of para-hydroxylation sites is 1. The van der Waals surface area contributed by atoms with Crippen LogP contribution in [0.4, 0.5) is 5.69 Å². The van der Waals surface area contributed by atoms with Crippen molar-refractivity contribution in [3.63, 3.8) is 0 Å². The van der Waals surface area contributed by atoms with Gasteiger partial charge in [0.05, 0.1) is 17.5 Å². The number of hydrogen-bond acceptors (Lipinski definition) is 5. The van der Waals surface area contributed by atoms with Gasteiger partial charge in [-0.05, 0) is 31.4 Å². The number of carbonyl (C=O) groups excluding carboxylic acids is 3. The molecule has 3 fully saturated rings. The van der Waals surface area contributed by atoms with Gasteiger partial charge in [-0.25, -0.2) is 4.99 Å². The molecule has 2 aliphatic heterocycles. The minimum atomic E-state index is -0.225. The highest BCUT2D eigenvalue weighted by Crippen LogP contribution is 2.38. The molecule has 142 valence electrons. The maximum atomic E-state index is 12.9. The van der Waals surface area contributed by atoms with Gasteiger partial charge in [0.1, 0.15) is 6.54 Å². The largest absolute Gasteiger partial charge is 0.290 e. The quantitative estimate of drug-likeness (QED) is 0.750. The van der Waals surface area contributed by atoms with E-state index in [1.54, 1.807) is 16.7 Å². The smallest absolute Gasteiger partial charge is 0.248 e. The van der Waals surface area contributed by atoms with Crippen LogP contribution in [0.2, 0.25) is 0 Å². The lowest BCUT2D eigenvalue weighted by atomic mass is 9.81. The van der Waals surface area contributed by atoms with Crippen molar-refractivity contribution in [2.24, 2.45) is 16.8 Å². The van der Waals surface area contributed by atoms with Gasteiger partial charge in [-0.1, -0.05) is 42.8 Å². The molecule has 0 radical (unpaired) electrons. The zero-order chi connectivity index (χ0) is 18.8. The number of hydrogen-bond donors (Lipinski definition) is 0. The zero-order valence-corrected chi connectivity index (χ0v) is 16.0. The van der Waals surface area contributed by atoms with Crippen LogP contribution in [0.5, 0.6) is 0 Å². The monoisotopic (exact) mass is 385 g/mol. The van der Waals surface area contributed by atoms with Crippen molar-refractivity contribution < 1.29 is 14.4 Å². The number of nitrogens with zero attached hydrogens (tertiary/aromatic N) is 3. The van der Waals surface area contributed by atoms with Crippen molar-refractivity contribution in [1.82, 2.24) is 9.80 Å². The third-order valence-corrected chi connectivity index (χ3v) is 6.56. The maximum Gasteiger partial charge on any atom is 0.248 e. The molecule has 2 heterocycles. The van der Waals surface area contributed by atoms with Gasteiger partial charge in [0.25, 0.3) is 0 Å². The van der Waals surface area contributed by atoms with E-state index in [1.807, 2.05) is 30.3 Å². The molecule has 0 bridgehead atoms. The summed E-state index contributed by atoms with van der Waals surface area (Å²) in [6.07, 6.45) is 4.37. The fraction of sp³-hybridized carbons (Fsp3) is 0.500. The molecule has 27 heavy (non-hydrogen) atoms. The fourth-order valence-electron chi connectivity index (χ4n) is 4.10. The molecule has 0 N–H and O–H groups in total. The molecule has 2 atom stereocenters. The molecule has 1 aromatic carbocycles. The van der Waals surface area contributed by atoms with Crippen molar-refractivity contribution in [2.45, 2.75) is 32.1 Å². The van der Waals surface area contributed by atoms with Gasteiger partial charge in [-0.15, -0.1) is 0 Å². The standard InChI is InChI=1S/C20H23N3O3S/c24-17(13-23-18(25)15-9-4-5-10-16(15)19(23)26)22-11-6-12-27-20(22)21-14-7-2-1-3-8-14/h1-3,7-8,15-16H,4-6,9-13H2/t15-,16+. The van der Waals surface area contributed by atoms with Crippen molar-refractivity contribution in [2.75, 3.05) is 18.8 Å². The molecular weight excluding hydrogens is 362 g/mol. The predicted octanol–water partition coefficient (Wildman–Crippen LogP) is 2.81. The fourth-order valence-corrected chi connectivity index (χ4v) is 5.08. The second-order valence-electron chi connectivity index (χ2n) is 7.24. The van der Waals surface area contributed by atoms with E-state index in [9.17, 15) is 14.4 Å². The number of fused-ring (bicyclic) bond motifs is 1. The number of rotatable bonds is 3. The topological polar surface area (TPSA) is 70.1 Å². The van der Waals surface area contributed by atoms with Crippen LogP contribution < -0.4 is 0 Å². The summed E-state index contributed by atoms with van der Waals surface area (Å²) < 4.78 is 0. The summed E-state index contributed by atoms with van der Waals surface area (Å²) >= 11 is 1.54. The van der Waals surface area contributed by atoms with Gasteiger partial charge in [-0.2, -0.15) is 0 Å². The van der Waals surface area contributed by atoms with Gasteiger partial charge in [-0.3, -0.25) is 24.2 Å². The number of amidine groups is 1.